The summed E-state index contributed by atoms with van der Waals surface area (Å²) < 4.78 is 0. The van der Waals surface area contributed by atoms with E-state index >= 15 is 0 Å². The molecule has 1 amide bonds. The number of likely N-dealkylation sites (tertiary alicyclic amines) is 1. The van der Waals surface area contributed by atoms with Gasteiger partial charge in [0.1, 0.15) is 5.69 Å². The van der Waals surface area contributed by atoms with Crippen molar-refractivity contribution in [2.75, 3.05) is 25.0 Å². The van der Waals surface area contributed by atoms with E-state index in [1.54, 1.807) is 0 Å². The Morgan fingerprint density at radius 1 is 1.65 bits per heavy atom. The number of hydrogen-bond donors (Lipinski definition) is 1. The second-order valence-corrected chi connectivity index (χ2v) is 6.07. The molecule has 2 rings (SSSR count). The highest BCUT2D eigenvalue weighted by atomic mass is 32.1. The predicted molar refractivity (Wildman–Crippen MR) is 70.6 cm³/mol. The van der Waals surface area contributed by atoms with Crippen LogP contribution in [0.2, 0.25) is 0 Å². The summed E-state index contributed by atoms with van der Waals surface area (Å²) in [5, 5.41) is 5.79. The molecular weight excluding hydrogens is 234 g/mol. The van der Waals surface area contributed by atoms with Gasteiger partial charge in [0.2, 0.25) is 0 Å². The monoisotopic (exact) mass is 253 g/mol. The average Bonchev–Trinajstić information content (AvgIpc) is 2.85. The summed E-state index contributed by atoms with van der Waals surface area (Å²) in [7, 11) is 0. The normalized spacial score (nSPS) is 18.4. The van der Waals surface area contributed by atoms with Crippen molar-refractivity contribution in [2.45, 2.75) is 27.2 Å². The third-order valence-electron chi connectivity index (χ3n) is 3.02. The first-order valence-corrected chi connectivity index (χ1v) is 6.88. The SMILES string of the molecule is CCNc1nc(C(=O)N2CCC(C)(C)C2)cs1. The minimum absolute atomic E-state index is 0.0657. The van der Waals surface area contributed by atoms with Crippen molar-refractivity contribution in [3.63, 3.8) is 0 Å². The molecule has 2 heterocycles. The van der Waals surface area contributed by atoms with Gasteiger partial charge >= 0.3 is 0 Å². The van der Waals surface area contributed by atoms with Gasteiger partial charge < -0.3 is 10.2 Å². The topological polar surface area (TPSA) is 45.2 Å². The van der Waals surface area contributed by atoms with Gasteiger partial charge in [-0.2, -0.15) is 0 Å². The van der Waals surface area contributed by atoms with Crippen LogP contribution in [0.5, 0.6) is 0 Å². The molecule has 0 radical (unpaired) electrons. The summed E-state index contributed by atoms with van der Waals surface area (Å²) in [5.41, 5.74) is 0.819. The first kappa shape index (κ1) is 12.4. The Bertz CT molecular complexity index is 414. The van der Waals surface area contributed by atoms with Gasteiger partial charge in [-0.15, -0.1) is 11.3 Å². The van der Waals surface area contributed by atoms with E-state index < -0.39 is 0 Å². The van der Waals surface area contributed by atoms with Crippen LogP contribution in [0.15, 0.2) is 5.38 Å². The molecule has 17 heavy (non-hydrogen) atoms. The Labute approximate surface area is 106 Å². The standard InChI is InChI=1S/C12H19N3OS/c1-4-13-11-14-9(7-17-11)10(16)15-6-5-12(2,3)8-15/h7H,4-6,8H2,1-3H3,(H,13,14). The lowest BCUT2D eigenvalue weighted by Gasteiger charge is -2.18. The average molecular weight is 253 g/mol. The van der Waals surface area contributed by atoms with E-state index in [-0.39, 0.29) is 11.3 Å². The molecule has 0 aliphatic carbocycles. The van der Waals surface area contributed by atoms with Crippen LogP contribution in [0.4, 0.5) is 5.13 Å². The number of nitrogens with one attached hydrogen (secondary N) is 1. The Hall–Kier alpha value is -1.10. The van der Waals surface area contributed by atoms with E-state index in [0.29, 0.717) is 5.69 Å². The fourth-order valence-corrected chi connectivity index (χ4v) is 2.81. The van der Waals surface area contributed by atoms with Gasteiger partial charge in [0.15, 0.2) is 5.13 Å². The van der Waals surface area contributed by atoms with Crippen LogP contribution in [-0.2, 0) is 0 Å². The minimum atomic E-state index is 0.0657. The molecule has 0 aromatic carbocycles. The third-order valence-corrected chi connectivity index (χ3v) is 3.82. The van der Waals surface area contributed by atoms with E-state index in [2.05, 4.69) is 24.1 Å². The molecule has 1 fully saturated rings. The molecule has 0 atom stereocenters. The van der Waals surface area contributed by atoms with Crippen molar-refractivity contribution in [1.82, 2.24) is 9.88 Å². The number of amides is 1. The van der Waals surface area contributed by atoms with E-state index in [1.807, 2.05) is 17.2 Å². The minimum Gasteiger partial charge on any atom is -0.362 e. The van der Waals surface area contributed by atoms with E-state index in [0.717, 1.165) is 31.2 Å². The van der Waals surface area contributed by atoms with Crippen LogP contribution in [0, 0.1) is 5.41 Å². The van der Waals surface area contributed by atoms with Crippen molar-refractivity contribution in [2.24, 2.45) is 5.41 Å². The molecule has 94 valence electrons. The fraction of sp³-hybridized carbons (Fsp3) is 0.667. The molecule has 0 unspecified atom stereocenters. The summed E-state index contributed by atoms with van der Waals surface area (Å²) in [6.45, 7) is 8.93. The van der Waals surface area contributed by atoms with Crippen LogP contribution in [0.25, 0.3) is 0 Å². The van der Waals surface area contributed by atoms with Crippen molar-refractivity contribution < 1.29 is 4.79 Å². The van der Waals surface area contributed by atoms with Gasteiger partial charge in [0, 0.05) is 25.0 Å². The molecule has 4 nitrogen and oxygen atoms in total. The predicted octanol–water partition coefficient (Wildman–Crippen LogP) is 2.45. The lowest BCUT2D eigenvalue weighted by atomic mass is 9.93. The van der Waals surface area contributed by atoms with E-state index in [4.69, 9.17) is 0 Å². The number of thiazole rings is 1. The molecule has 1 saturated heterocycles. The molecule has 1 aromatic rings. The van der Waals surface area contributed by atoms with Gasteiger partial charge in [0.25, 0.3) is 5.91 Å². The fourth-order valence-electron chi connectivity index (χ4n) is 2.05. The van der Waals surface area contributed by atoms with Crippen molar-refractivity contribution in [3.8, 4) is 0 Å². The lowest BCUT2D eigenvalue weighted by molar-refractivity contribution is 0.0773. The quantitative estimate of drug-likeness (QED) is 0.900. The molecular formula is C12H19N3OS. The van der Waals surface area contributed by atoms with Crippen molar-refractivity contribution >= 4 is 22.4 Å². The van der Waals surface area contributed by atoms with Crippen LogP contribution in [0.1, 0.15) is 37.7 Å². The maximum Gasteiger partial charge on any atom is 0.273 e. The number of nitrogens with zero attached hydrogens (tertiary/aromatic N) is 2. The van der Waals surface area contributed by atoms with Gasteiger partial charge in [0.05, 0.1) is 0 Å². The van der Waals surface area contributed by atoms with Crippen LogP contribution in [0.3, 0.4) is 0 Å². The zero-order valence-corrected chi connectivity index (χ0v) is 11.4. The Morgan fingerprint density at radius 2 is 2.41 bits per heavy atom. The molecule has 5 heteroatoms. The number of carbonyl (C=O) groups is 1. The van der Waals surface area contributed by atoms with Crippen LogP contribution < -0.4 is 5.32 Å². The summed E-state index contributed by atoms with van der Waals surface area (Å²) >= 11 is 1.49. The number of rotatable bonds is 3. The van der Waals surface area contributed by atoms with Crippen LogP contribution >= 0.6 is 11.3 Å². The zero-order valence-electron chi connectivity index (χ0n) is 10.6. The van der Waals surface area contributed by atoms with Crippen molar-refractivity contribution in [3.05, 3.63) is 11.1 Å². The second-order valence-electron chi connectivity index (χ2n) is 5.21. The maximum absolute atomic E-state index is 12.2. The van der Waals surface area contributed by atoms with Gasteiger partial charge in [-0.1, -0.05) is 13.8 Å². The molecule has 1 aromatic heterocycles. The first-order chi connectivity index (χ1) is 8.02. The number of carbonyl (C=O) groups excluding carboxylic acids is 1. The molecule has 1 aliphatic heterocycles. The highest BCUT2D eigenvalue weighted by Gasteiger charge is 2.33. The largest absolute Gasteiger partial charge is 0.362 e. The smallest absolute Gasteiger partial charge is 0.273 e. The lowest BCUT2D eigenvalue weighted by Crippen LogP contribution is -2.30. The molecule has 1 aliphatic rings. The summed E-state index contributed by atoms with van der Waals surface area (Å²) in [6.07, 6.45) is 1.07. The zero-order chi connectivity index (χ0) is 12.5. The van der Waals surface area contributed by atoms with E-state index in [9.17, 15) is 4.79 Å². The van der Waals surface area contributed by atoms with Crippen LogP contribution in [-0.4, -0.2) is 35.4 Å². The summed E-state index contributed by atoms with van der Waals surface area (Å²) in [6, 6.07) is 0. The molecule has 0 spiro atoms. The highest BCUT2D eigenvalue weighted by molar-refractivity contribution is 7.13. The summed E-state index contributed by atoms with van der Waals surface area (Å²) in [4.78, 5) is 18.4. The third kappa shape index (κ3) is 2.77. The van der Waals surface area contributed by atoms with Gasteiger partial charge in [-0.25, -0.2) is 4.98 Å². The Balaban J connectivity index is 2.04. The van der Waals surface area contributed by atoms with E-state index in [1.165, 1.54) is 11.3 Å². The first-order valence-electron chi connectivity index (χ1n) is 6.00. The Morgan fingerprint density at radius 3 is 3.00 bits per heavy atom. The number of anilines is 1. The Kier molecular flexibility index (Phi) is 3.38. The molecule has 0 saturated carbocycles. The second kappa shape index (κ2) is 4.64. The number of aromatic nitrogens is 1. The summed E-state index contributed by atoms with van der Waals surface area (Å²) in [5.74, 6) is 0.0657. The van der Waals surface area contributed by atoms with Gasteiger partial charge in [-0.05, 0) is 18.8 Å². The van der Waals surface area contributed by atoms with Gasteiger partial charge in [-0.3, -0.25) is 4.79 Å². The molecule has 1 N–H and O–H groups in total. The number of hydrogen-bond acceptors (Lipinski definition) is 4. The highest BCUT2D eigenvalue weighted by Crippen LogP contribution is 2.30. The maximum atomic E-state index is 12.2. The molecule has 0 bridgehead atoms. The van der Waals surface area contributed by atoms with Crippen molar-refractivity contribution in [1.29, 1.82) is 0 Å².